The van der Waals surface area contributed by atoms with Crippen molar-refractivity contribution < 1.29 is 5.11 Å². The Kier molecular flexibility index (Phi) is 3.58. The fraction of sp³-hybridized carbons (Fsp3) is 0.571. The maximum absolute atomic E-state index is 10.2. The van der Waals surface area contributed by atoms with E-state index in [1.807, 2.05) is 48.2 Å². The summed E-state index contributed by atoms with van der Waals surface area (Å²) in [6, 6.07) is 0.166. The van der Waals surface area contributed by atoms with Crippen molar-refractivity contribution in [2.75, 3.05) is 6.54 Å². The molecular formula is C14H21N5O. The third-order valence-corrected chi connectivity index (χ3v) is 3.97. The molecule has 1 fully saturated rings. The van der Waals surface area contributed by atoms with Crippen LogP contribution < -0.4 is 0 Å². The normalized spacial score (nSPS) is 23.6. The number of aliphatic hydroxyl groups excluding tert-OH is 1. The van der Waals surface area contributed by atoms with Gasteiger partial charge in [0.25, 0.3) is 0 Å². The number of aryl methyl sites for hydroxylation is 2. The van der Waals surface area contributed by atoms with Gasteiger partial charge in [-0.2, -0.15) is 10.2 Å². The molecule has 0 aliphatic carbocycles. The van der Waals surface area contributed by atoms with E-state index in [0.717, 1.165) is 25.9 Å². The average Bonchev–Trinajstić information content (AvgIpc) is 3.08. The summed E-state index contributed by atoms with van der Waals surface area (Å²) >= 11 is 0. The lowest BCUT2D eigenvalue weighted by molar-refractivity contribution is 0.112. The predicted octanol–water partition coefficient (Wildman–Crippen LogP) is 0.331. The quantitative estimate of drug-likeness (QED) is 0.873. The lowest BCUT2D eigenvalue weighted by atomic mass is 10.0. The van der Waals surface area contributed by atoms with Gasteiger partial charge in [0.05, 0.1) is 18.5 Å². The van der Waals surface area contributed by atoms with Crippen LogP contribution in [0.25, 0.3) is 0 Å². The Bertz CT molecular complexity index is 576. The van der Waals surface area contributed by atoms with Crippen LogP contribution in [0.5, 0.6) is 0 Å². The van der Waals surface area contributed by atoms with Crippen molar-refractivity contribution in [3.05, 3.63) is 35.9 Å². The second-order valence-corrected chi connectivity index (χ2v) is 5.64. The van der Waals surface area contributed by atoms with Gasteiger partial charge in [0, 0.05) is 51.2 Å². The van der Waals surface area contributed by atoms with Crippen LogP contribution in [0.15, 0.2) is 24.8 Å². The van der Waals surface area contributed by atoms with Gasteiger partial charge in [-0.25, -0.2) is 0 Å². The minimum absolute atomic E-state index is 0.166. The molecule has 1 N–H and O–H groups in total. The summed E-state index contributed by atoms with van der Waals surface area (Å²) in [5.74, 6) is 0. The van der Waals surface area contributed by atoms with E-state index in [4.69, 9.17) is 0 Å². The minimum Gasteiger partial charge on any atom is -0.391 e. The molecule has 2 atom stereocenters. The molecule has 3 heterocycles. The molecule has 0 bridgehead atoms. The van der Waals surface area contributed by atoms with Crippen molar-refractivity contribution >= 4 is 0 Å². The number of likely N-dealkylation sites (tertiary alicyclic amines) is 1. The molecule has 1 aliphatic heterocycles. The fourth-order valence-electron chi connectivity index (χ4n) is 2.97. The van der Waals surface area contributed by atoms with E-state index < -0.39 is 0 Å². The highest BCUT2D eigenvalue weighted by Crippen LogP contribution is 2.23. The Morgan fingerprint density at radius 3 is 2.40 bits per heavy atom. The number of rotatable bonds is 4. The highest BCUT2D eigenvalue weighted by Gasteiger charge is 2.33. The minimum atomic E-state index is -0.258. The first-order valence-electron chi connectivity index (χ1n) is 6.99. The summed E-state index contributed by atoms with van der Waals surface area (Å²) in [6.07, 6.45) is 9.26. The summed E-state index contributed by atoms with van der Waals surface area (Å²) in [5.41, 5.74) is 2.37. The van der Waals surface area contributed by atoms with E-state index in [1.54, 1.807) is 0 Å². The Hall–Kier alpha value is -1.66. The standard InChI is InChI=1S/C14H21N5O/c1-17-8-11(6-15-17)5-13-14(20)3-4-19(13)10-12-7-16-18(2)9-12/h6-9,13-14,20H,3-5,10H2,1-2H3/t13-,14+/m1/s1. The SMILES string of the molecule is Cn1cc(C[C@@H]2[C@@H](O)CCN2Cc2cnn(C)c2)cn1. The maximum Gasteiger partial charge on any atom is 0.0711 e. The van der Waals surface area contributed by atoms with Gasteiger partial charge in [-0.1, -0.05) is 0 Å². The monoisotopic (exact) mass is 275 g/mol. The molecule has 2 aromatic heterocycles. The predicted molar refractivity (Wildman–Crippen MR) is 74.9 cm³/mol. The van der Waals surface area contributed by atoms with Gasteiger partial charge in [-0.05, 0) is 18.4 Å². The second-order valence-electron chi connectivity index (χ2n) is 5.64. The van der Waals surface area contributed by atoms with Crippen LogP contribution in [-0.4, -0.2) is 48.3 Å². The van der Waals surface area contributed by atoms with Crippen molar-refractivity contribution in [2.24, 2.45) is 14.1 Å². The van der Waals surface area contributed by atoms with Crippen LogP contribution in [0.4, 0.5) is 0 Å². The van der Waals surface area contributed by atoms with Crippen LogP contribution in [0, 0.1) is 0 Å². The first-order valence-corrected chi connectivity index (χ1v) is 6.99. The molecule has 0 unspecified atom stereocenters. The number of aromatic nitrogens is 4. The molecule has 2 aromatic rings. The zero-order valence-corrected chi connectivity index (χ0v) is 12.0. The van der Waals surface area contributed by atoms with Gasteiger partial charge in [0.1, 0.15) is 0 Å². The van der Waals surface area contributed by atoms with E-state index in [2.05, 4.69) is 15.1 Å². The molecule has 1 aliphatic rings. The highest BCUT2D eigenvalue weighted by molar-refractivity contribution is 5.10. The third kappa shape index (κ3) is 2.76. The third-order valence-electron chi connectivity index (χ3n) is 3.97. The number of hydrogen-bond donors (Lipinski definition) is 1. The molecule has 6 nitrogen and oxygen atoms in total. The lowest BCUT2D eigenvalue weighted by Crippen LogP contribution is -2.36. The van der Waals surface area contributed by atoms with Gasteiger partial charge >= 0.3 is 0 Å². The number of aliphatic hydroxyl groups is 1. The van der Waals surface area contributed by atoms with Gasteiger partial charge < -0.3 is 5.11 Å². The molecular weight excluding hydrogens is 254 g/mol. The molecule has 0 saturated carbocycles. The second kappa shape index (κ2) is 5.38. The molecule has 0 radical (unpaired) electrons. The van der Waals surface area contributed by atoms with Crippen LogP contribution >= 0.6 is 0 Å². The van der Waals surface area contributed by atoms with Crippen molar-refractivity contribution in [2.45, 2.75) is 31.5 Å². The topological polar surface area (TPSA) is 59.1 Å². The van der Waals surface area contributed by atoms with Crippen molar-refractivity contribution in [3.63, 3.8) is 0 Å². The van der Waals surface area contributed by atoms with Gasteiger partial charge in [0.15, 0.2) is 0 Å². The van der Waals surface area contributed by atoms with E-state index in [0.29, 0.717) is 0 Å². The maximum atomic E-state index is 10.2. The molecule has 0 spiro atoms. The Morgan fingerprint density at radius 1 is 1.15 bits per heavy atom. The Labute approximate surface area is 118 Å². The Morgan fingerprint density at radius 2 is 1.80 bits per heavy atom. The Balaban J connectivity index is 1.69. The van der Waals surface area contributed by atoms with Crippen LogP contribution in [0.1, 0.15) is 17.5 Å². The van der Waals surface area contributed by atoms with Crippen molar-refractivity contribution in [1.82, 2.24) is 24.5 Å². The summed E-state index contributed by atoms with van der Waals surface area (Å²) in [6.45, 7) is 1.77. The van der Waals surface area contributed by atoms with Gasteiger partial charge in [0.2, 0.25) is 0 Å². The highest BCUT2D eigenvalue weighted by atomic mass is 16.3. The largest absolute Gasteiger partial charge is 0.391 e. The van der Waals surface area contributed by atoms with E-state index in [-0.39, 0.29) is 12.1 Å². The molecule has 1 saturated heterocycles. The van der Waals surface area contributed by atoms with E-state index in [9.17, 15) is 5.11 Å². The van der Waals surface area contributed by atoms with Gasteiger partial charge in [-0.3, -0.25) is 14.3 Å². The molecule has 0 amide bonds. The number of nitrogens with zero attached hydrogens (tertiary/aromatic N) is 5. The lowest BCUT2D eigenvalue weighted by Gasteiger charge is -2.25. The average molecular weight is 275 g/mol. The van der Waals surface area contributed by atoms with Gasteiger partial charge in [-0.15, -0.1) is 0 Å². The number of hydrogen-bond acceptors (Lipinski definition) is 4. The first-order chi connectivity index (χ1) is 9.61. The summed E-state index contributed by atoms with van der Waals surface area (Å²) in [7, 11) is 3.84. The van der Waals surface area contributed by atoms with Crippen LogP contribution in [0.2, 0.25) is 0 Å². The van der Waals surface area contributed by atoms with E-state index >= 15 is 0 Å². The fourth-order valence-corrected chi connectivity index (χ4v) is 2.97. The zero-order chi connectivity index (χ0) is 14.1. The molecule has 6 heteroatoms. The summed E-state index contributed by atoms with van der Waals surface area (Å²) in [5, 5.41) is 18.6. The smallest absolute Gasteiger partial charge is 0.0711 e. The van der Waals surface area contributed by atoms with Crippen LogP contribution in [-0.2, 0) is 27.1 Å². The molecule has 108 valence electrons. The van der Waals surface area contributed by atoms with Crippen molar-refractivity contribution in [1.29, 1.82) is 0 Å². The summed E-state index contributed by atoms with van der Waals surface area (Å²) in [4.78, 5) is 2.34. The molecule has 0 aromatic carbocycles. The van der Waals surface area contributed by atoms with E-state index in [1.165, 1.54) is 11.1 Å². The zero-order valence-electron chi connectivity index (χ0n) is 12.0. The summed E-state index contributed by atoms with van der Waals surface area (Å²) < 4.78 is 3.63. The van der Waals surface area contributed by atoms with Crippen LogP contribution in [0.3, 0.4) is 0 Å². The van der Waals surface area contributed by atoms with Crippen molar-refractivity contribution in [3.8, 4) is 0 Å². The molecule has 20 heavy (non-hydrogen) atoms. The molecule has 3 rings (SSSR count). The first kappa shape index (κ1) is 13.3.